The summed E-state index contributed by atoms with van der Waals surface area (Å²) in [7, 11) is 0. The van der Waals surface area contributed by atoms with Crippen LogP contribution in [0.25, 0.3) is 0 Å². The molecule has 8 aromatic carbocycles. The van der Waals surface area contributed by atoms with Gasteiger partial charge in [-0.2, -0.15) is 52.7 Å². The number of carbonyl (C=O) groups excluding carboxylic acids is 4. The third-order valence-corrected chi connectivity index (χ3v) is 22.8. The summed E-state index contributed by atoms with van der Waals surface area (Å²) in [5.41, 5.74) is 7.69. The summed E-state index contributed by atoms with van der Waals surface area (Å²) < 4.78 is 221. The Morgan fingerprint density at radius 3 is 0.718 bits per heavy atom. The quantitative estimate of drug-likeness (QED) is 0.0661. The van der Waals surface area contributed by atoms with Crippen LogP contribution in [0.2, 0.25) is 10.0 Å². The molecule has 4 atom stereocenters. The molecule has 14 rings (SSSR count). The third kappa shape index (κ3) is 25.8. The number of hydrogen-bond donors (Lipinski definition) is 0. The number of alkyl halides is 12. The van der Waals surface area contributed by atoms with Gasteiger partial charge >= 0.3 is 49.1 Å². The summed E-state index contributed by atoms with van der Waals surface area (Å²) in [5.74, 6) is 1.85. The number of halogens is 18. The fourth-order valence-electron chi connectivity index (χ4n) is 14.3. The molecule has 0 aliphatic carbocycles. The zero-order valence-electron chi connectivity index (χ0n) is 66.9. The van der Waals surface area contributed by atoms with Crippen molar-refractivity contribution in [2.75, 3.05) is 118 Å². The first-order valence-electron chi connectivity index (χ1n) is 39.1. The molecule has 124 heavy (non-hydrogen) atoms. The lowest BCUT2D eigenvalue weighted by Gasteiger charge is -2.39. The Bertz CT molecular complexity index is 4300. The van der Waals surface area contributed by atoms with Crippen molar-refractivity contribution in [2.45, 2.75) is 101 Å². The van der Waals surface area contributed by atoms with Gasteiger partial charge in [-0.25, -0.2) is 28.0 Å². The zero-order valence-corrected chi connectivity index (χ0v) is 71.6. The first-order chi connectivity index (χ1) is 58.7. The van der Waals surface area contributed by atoms with Crippen LogP contribution in [0, 0.1) is 11.6 Å². The van der Waals surface area contributed by atoms with Crippen LogP contribution in [-0.2, 0) is 18.9 Å². The molecule has 4 unspecified atom stereocenters. The van der Waals surface area contributed by atoms with Crippen LogP contribution < -0.4 is 18.9 Å². The highest BCUT2D eigenvalue weighted by atomic mass is 79.9. The molecule has 668 valence electrons. The van der Waals surface area contributed by atoms with Crippen molar-refractivity contribution in [2.24, 2.45) is 0 Å². The minimum absolute atomic E-state index is 0.0292. The van der Waals surface area contributed by atoms with Crippen molar-refractivity contribution < 1.29 is 119 Å². The van der Waals surface area contributed by atoms with E-state index in [0.717, 1.165) is 81.1 Å². The van der Waals surface area contributed by atoms with Crippen LogP contribution in [0.3, 0.4) is 0 Å². The smallest absolute Gasteiger partial charge is 0.425 e. The lowest BCUT2D eigenvalue weighted by Crippen LogP contribution is -2.51. The number of ether oxygens (including phenoxy) is 8. The summed E-state index contributed by atoms with van der Waals surface area (Å²) >= 11 is 19.0. The highest BCUT2D eigenvalue weighted by molar-refractivity contribution is 9.10. The Balaban J connectivity index is 0.000000161. The number of carbonyl (C=O) groups is 4. The van der Waals surface area contributed by atoms with Crippen LogP contribution in [0.1, 0.15) is 96.4 Å². The molecular weight excluding hydrogens is 1830 g/mol. The summed E-state index contributed by atoms with van der Waals surface area (Å²) in [6.07, 6.45) is -30.8. The standard InChI is InChI=1S/C23H23F3N2O6.C21H21Br2F3N2O2.C21H21Cl2F3N2O2.C21H21F5N2O2/c1-14(23(24,25)26)34-22(29)28-8-6-27(7-9-28)21(15-2-4-17-19(10-15)32-12-30-17)16-3-5-18-20(11-16)33-13-31-18;3*1-14(21(24,25)26)30-20(29)28-12-10-27(11-13-28)19(15-2-6-17(22)7-3-15)16-4-8-18(23)9-5-16/h2-5,10-11,14,21H,6-9,12-13H2,1H3;3*2-9,14,19H,10-13H2,1H3. The van der Waals surface area contributed by atoms with E-state index in [0.29, 0.717) is 98.5 Å². The molecule has 6 aliphatic rings. The van der Waals surface area contributed by atoms with Gasteiger partial charge in [0.05, 0.1) is 24.2 Å². The number of piperazine rings is 4. The van der Waals surface area contributed by atoms with Gasteiger partial charge in [0.2, 0.25) is 13.6 Å². The van der Waals surface area contributed by atoms with Gasteiger partial charge in [-0.05, 0) is 169 Å². The molecule has 6 heterocycles. The Morgan fingerprint density at radius 2 is 0.492 bits per heavy atom. The molecule has 4 saturated heterocycles. The Kier molecular flexibility index (Phi) is 32.3. The van der Waals surface area contributed by atoms with E-state index in [1.165, 1.54) is 43.9 Å². The van der Waals surface area contributed by atoms with Gasteiger partial charge in [0, 0.05) is 124 Å². The van der Waals surface area contributed by atoms with E-state index in [-0.39, 0.29) is 88.7 Å². The van der Waals surface area contributed by atoms with Gasteiger partial charge in [0.25, 0.3) is 0 Å². The van der Waals surface area contributed by atoms with E-state index in [1.54, 1.807) is 24.3 Å². The molecule has 6 aliphatic heterocycles. The molecule has 0 spiro atoms. The number of fused-ring (bicyclic) bond motifs is 2. The second-order valence-corrected chi connectivity index (χ2v) is 32.2. The number of rotatable bonds is 16. The molecule has 38 heteroatoms. The molecule has 8 aromatic rings. The highest BCUT2D eigenvalue weighted by Gasteiger charge is 2.45. The second-order valence-electron chi connectivity index (χ2n) is 29.5. The SMILES string of the molecule is CC(OC(=O)N1CCN(C(c2ccc(Br)cc2)c2ccc(Br)cc2)CC1)C(F)(F)F.CC(OC(=O)N1CCN(C(c2ccc(Cl)cc2)c2ccc(Cl)cc2)CC1)C(F)(F)F.CC(OC(=O)N1CCN(C(c2ccc(F)cc2)c2ccc(F)cc2)CC1)C(F)(F)F.CC(OC(=O)N1CCN(C(c2ccc3c(c2)OCO3)c2ccc3c(c2)OCO3)CC1)C(F)(F)F. The van der Waals surface area contributed by atoms with Gasteiger partial charge in [-0.3, -0.25) is 19.6 Å². The minimum Gasteiger partial charge on any atom is -0.454 e. The van der Waals surface area contributed by atoms with Crippen LogP contribution in [0.4, 0.5) is 80.6 Å². The topological polar surface area (TPSA) is 168 Å². The van der Waals surface area contributed by atoms with Crippen molar-refractivity contribution >= 4 is 79.4 Å². The van der Waals surface area contributed by atoms with Gasteiger partial charge in [-0.15, -0.1) is 0 Å². The number of hydrogen-bond acceptors (Lipinski definition) is 16. The van der Waals surface area contributed by atoms with Crippen molar-refractivity contribution in [3.8, 4) is 23.0 Å². The highest BCUT2D eigenvalue weighted by Crippen LogP contribution is 2.43. The van der Waals surface area contributed by atoms with Gasteiger partial charge < -0.3 is 57.5 Å². The molecule has 20 nitrogen and oxygen atoms in total. The Hall–Kier alpha value is -9.56. The first-order valence-corrected chi connectivity index (χ1v) is 41.5. The normalized spacial score (nSPS) is 17.0. The van der Waals surface area contributed by atoms with Crippen LogP contribution in [-0.4, -0.2) is 231 Å². The van der Waals surface area contributed by atoms with Gasteiger partial charge in [0.1, 0.15) is 11.6 Å². The minimum atomic E-state index is -4.62. The summed E-state index contributed by atoms with van der Waals surface area (Å²) in [4.78, 5) is 62.3. The van der Waals surface area contributed by atoms with E-state index in [2.05, 4.69) is 65.5 Å². The van der Waals surface area contributed by atoms with Crippen molar-refractivity contribution in [3.63, 3.8) is 0 Å². The fourth-order valence-corrected chi connectivity index (χ4v) is 15.1. The van der Waals surface area contributed by atoms with Gasteiger partial charge in [-0.1, -0.05) is 140 Å². The molecular formula is C86H86Br2Cl2F14N8O12. The zero-order chi connectivity index (χ0) is 89.5. The average molecular weight is 1920 g/mol. The predicted molar refractivity (Wildman–Crippen MR) is 437 cm³/mol. The lowest BCUT2D eigenvalue weighted by atomic mass is 9.95. The Morgan fingerprint density at radius 1 is 0.298 bits per heavy atom. The molecule has 0 saturated carbocycles. The maximum Gasteiger partial charge on any atom is 0.425 e. The first kappa shape index (κ1) is 95.1. The van der Waals surface area contributed by atoms with E-state index >= 15 is 0 Å². The largest absolute Gasteiger partial charge is 0.454 e. The van der Waals surface area contributed by atoms with Crippen LogP contribution >= 0.6 is 55.1 Å². The maximum absolute atomic E-state index is 13.4. The van der Waals surface area contributed by atoms with Crippen molar-refractivity contribution in [3.05, 3.63) is 257 Å². The fraction of sp³-hybridized carbons (Fsp3) is 0.395. The van der Waals surface area contributed by atoms with E-state index in [1.807, 2.05) is 138 Å². The number of benzene rings is 8. The molecule has 0 radical (unpaired) electrons. The van der Waals surface area contributed by atoms with E-state index < -0.39 is 73.5 Å². The van der Waals surface area contributed by atoms with E-state index in [9.17, 15) is 80.6 Å². The summed E-state index contributed by atoms with van der Waals surface area (Å²) in [5, 5.41) is 1.25. The van der Waals surface area contributed by atoms with Crippen molar-refractivity contribution in [1.29, 1.82) is 0 Å². The van der Waals surface area contributed by atoms with Crippen LogP contribution in [0.5, 0.6) is 23.0 Å². The summed E-state index contributed by atoms with van der Waals surface area (Å²) in [6, 6.07) is 53.7. The average Bonchev–Trinajstić information content (AvgIpc) is 1.78. The van der Waals surface area contributed by atoms with E-state index in [4.69, 9.17) is 42.1 Å². The molecule has 0 N–H and O–H groups in total. The second kappa shape index (κ2) is 42.2. The van der Waals surface area contributed by atoms with Crippen molar-refractivity contribution in [1.82, 2.24) is 39.2 Å². The molecule has 0 aromatic heterocycles. The molecule has 4 amide bonds. The number of amides is 4. The summed E-state index contributed by atoms with van der Waals surface area (Å²) in [6.45, 7) is 9.09. The maximum atomic E-state index is 13.4. The molecule has 0 bridgehead atoms. The number of nitrogens with zero attached hydrogens (tertiary/aromatic N) is 8. The predicted octanol–water partition coefficient (Wildman–Crippen LogP) is 20.5. The third-order valence-electron chi connectivity index (χ3n) is 21.2. The monoisotopic (exact) mass is 1920 g/mol. The van der Waals surface area contributed by atoms with Crippen LogP contribution in [0.15, 0.2) is 191 Å². The van der Waals surface area contributed by atoms with Gasteiger partial charge in [0.15, 0.2) is 47.4 Å². The Labute approximate surface area is 732 Å². The molecule has 4 fully saturated rings. The lowest BCUT2D eigenvalue weighted by molar-refractivity contribution is -0.200.